The molecule has 2 atom stereocenters. The van der Waals surface area contributed by atoms with Gasteiger partial charge in [0.05, 0.1) is 42.0 Å². The number of amides is 1. The SMILES string of the molecule is C=CC(=O)N[C@H]1CN(C)C[C@H]1Nc1cc2c(NCC3CC3)nc(-c3c(Cl)c(OC)cc(OC)c3Cl)cc2cn1. The Balaban J connectivity index is 1.54. The molecule has 1 aliphatic carbocycles. The normalized spacial score (nSPS) is 19.1. The maximum atomic E-state index is 12.0. The van der Waals surface area contributed by atoms with Gasteiger partial charge >= 0.3 is 0 Å². The number of nitrogens with zero attached hydrogens (tertiary/aromatic N) is 3. The Morgan fingerprint density at radius 1 is 1.13 bits per heavy atom. The van der Waals surface area contributed by atoms with Crippen LogP contribution in [0.2, 0.25) is 10.0 Å². The molecule has 3 heterocycles. The Morgan fingerprint density at radius 2 is 1.82 bits per heavy atom. The van der Waals surface area contributed by atoms with Gasteiger partial charge in [0.15, 0.2) is 0 Å². The van der Waals surface area contributed by atoms with Crippen molar-refractivity contribution in [2.75, 3.05) is 51.5 Å². The number of nitrogens with one attached hydrogen (secondary N) is 3. The second kappa shape index (κ2) is 11.5. The summed E-state index contributed by atoms with van der Waals surface area (Å²) in [6.07, 6.45) is 5.51. The van der Waals surface area contributed by atoms with E-state index in [0.29, 0.717) is 50.4 Å². The summed E-state index contributed by atoms with van der Waals surface area (Å²) in [5.41, 5.74) is 1.11. The van der Waals surface area contributed by atoms with E-state index in [1.54, 1.807) is 26.5 Å². The number of methoxy groups -OCH3 is 2. The molecule has 0 unspecified atom stereocenters. The summed E-state index contributed by atoms with van der Waals surface area (Å²) in [5.74, 6) is 2.75. The Kier molecular flexibility index (Phi) is 8.02. The Hall–Kier alpha value is -3.27. The number of likely N-dealkylation sites (N-methyl/N-ethyl adjacent to an activating group) is 1. The zero-order chi connectivity index (χ0) is 27.7. The van der Waals surface area contributed by atoms with Crippen LogP contribution in [0, 0.1) is 5.92 Å². The Bertz CT molecular complexity index is 1390. The molecule has 2 aliphatic rings. The molecule has 1 saturated carbocycles. The van der Waals surface area contributed by atoms with Crippen LogP contribution in [0.1, 0.15) is 12.8 Å². The van der Waals surface area contributed by atoms with Crippen molar-refractivity contribution in [1.29, 1.82) is 0 Å². The van der Waals surface area contributed by atoms with Gasteiger partial charge in [-0.25, -0.2) is 9.97 Å². The third-order valence-electron chi connectivity index (χ3n) is 7.15. The van der Waals surface area contributed by atoms with E-state index in [1.807, 2.05) is 19.2 Å². The van der Waals surface area contributed by atoms with E-state index in [4.69, 9.17) is 42.6 Å². The van der Waals surface area contributed by atoms with Crippen molar-refractivity contribution in [2.45, 2.75) is 24.9 Å². The van der Waals surface area contributed by atoms with Crippen LogP contribution in [0.3, 0.4) is 0 Å². The summed E-state index contributed by atoms with van der Waals surface area (Å²) >= 11 is 13.4. The molecule has 1 aromatic carbocycles. The van der Waals surface area contributed by atoms with Gasteiger partial charge in [0, 0.05) is 48.2 Å². The highest BCUT2D eigenvalue weighted by atomic mass is 35.5. The lowest BCUT2D eigenvalue weighted by Gasteiger charge is -2.21. The van der Waals surface area contributed by atoms with Crippen LogP contribution in [-0.2, 0) is 4.79 Å². The van der Waals surface area contributed by atoms with Gasteiger partial charge in [-0.05, 0) is 44.0 Å². The highest BCUT2D eigenvalue weighted by molar-refractivity contribution is 6.41. The average Bonchev–Trinajstić information content (AvgIpc) is 3.69. The second-order valence-electron chi connectivity index (χ2n) is 10.0. The lowest BCUT2D eigenvalue weighted by atomic mass is 10.1. The molecule has 5 rings (SSSR count). The molecule has 0 spiro atoms. The molecule has 1 aliphatic heterocycles. The topological polar surface area (TPSA) is 101 Å². The standard InChI is InChI=1S/C28H32Cl2N6O3/c1-5-24(37)34-20-14-36(2)13-19(20)33-23-9-17-16(12-31-23)8-18(35-28(17)32-11-15-6-7-15)25-26(29)21(38-3)10-22(39-4)27(25)30/h5,8-10,12,15,19-20H,1,6-7,11,13-14H2,2-4H3,(H,31,33)(H,32,35)(H,34,37)/t19-,20+/m1/s1. The van der Waals surface area contributed by atoms with Gasteiger partial charge in [-0.2, -0.15) is 0 Å². The van der Waals surface area contributed by atoms with Gasteiger partial charge in [0.25, 0.3) is 0 Å². The minimum atomic E-state index is -0.191. The van der Waals surface area contributed by atoms with E-state index in [0.717, 1.165) is 30.4 Å². The van der Waals surface area contributed by atoms with Crippen molar-refractivity contribution in [2.24, 2.45) is 5.92 Å². The van der Waals surface area contributed by atoms with Crippen molar-refractivity contribution in [3.05, 3.63) is 47.1 Å². The predicted molar refractivity (Wildman–Crippen MR) is 156 cm³/mol. The number of benzene rings is 1. The average molecular weight is 572 g/mol. The van der Waals surface area contributed by atoms with Crippen LogP contribution in [0.25, 0.3) is 22.0 Å². The van der Waals surface area contributed by atoms with E-state index < -0.39 is 0 Å². The van der Waals surface area contributed by atoms with Crippen molar-refractivity contribution in [3.63, 3.8) is 0 Å². The van der Waals surface area contributed by atoms with Gasteiger partial charge in [-0.15, -0.1) is 0 Å². The summed E-state index contributed by atoms with van der Waals surface area (Å²) in [4.78, 5) is 23.8. The van der Waals surface area contributed by atoms with E-state index in [-0.39, 0.29) is 18.0 Å². The molecule has 3 aromatic rings. The first-order valence-corrected chi connectivity index (χ1v) is 13.6. The smallest absolute Gasteiger partial charge is 0.243 e. The first-order valence-electron chi connectivity index (χ1n) is 12.8. The van der Waals surface area contributed by atoms with Crippen molar-refractivity contribution >= 4 is 51.5 Å². The third-order valence-corrected chi connectivity index (χ3v) is 7.90. The zero-order valence-corrected chi connectivity index (χ0v) is 23.7. The number of aromatic nitrogens is 2. The molecular weight excluding hydrogens is 539 g/mol. The molecule has 1 saturated heterocycles. The fourth-order valence-corrected chi connectivity index (χ4v) is 5.58. The quantitative estimate of drug-likeness (QED) is 0.298. The molecule has 0 bridgehead atoms. The summed E-state index contributed by atoms with van der Waals surface area (Å²) < 4.78 is 10.9. The number of anilines is 2. The van der Waals surface area contributed by atoms with Gasteiger partial charge in [0.2, 0.25) is 5.91 Å². The number of rotatable bonds is 10. The number of carbonyl (C=O) groups is 1. The van der Waals surface area contributed by atoms with E-state index in [9.17, 15) is 4.79 Å². The minimum Gasteiger partial charge on any atom is -0.495 e. The van der Waals surface area contributed by atoms with Crippen LogP contribution in [-0.4, -0.2) is 73.8 Å². The molecule has 3 N–H and O–H groups in total. The lowest BCUT2D eigenvalue weighted by Crippen LogP contribution is -2.45. The summed E-state index contributed by atoms with van der Waals surface area (Å²) in [6, 6.07) is 5.48. The fraction of sp³-hybridized carbons (Fsp3) is 0.393. The molecule has 206 valence electrons. The number of hydrogen-bond donors (Lipinski definition) is 3. The number of hydrogen-bond acceptors (Lipinski definition) is 8. The van der Waals surface area contributed by atoms with Crippen molar-refractivity contribution < 1.29 is 14.3 Å². The number of pyridine rings is 2. The van der Waals surface area contributed by atoms with Gasteiger partial charge in [0.1, 0.15) is 23.1 Å². The van der Waals surface area contributed by atoms with Crippen LogP contribution >= 0.6 is 23.2 Å². The summed E-state index contributed by atoms with van der Waals surface area (Å²) in [5, 5.41) is 12.6. The van der Waals surface area contributed by atoms with E-state index in [2.05, 4.69) is 27.4 Å². The molecule has 2 fully saturated rings. The molecule has 11 heteroatoms. The van der Waals surface area contributed by atoms with Crippen LogP contribution in [0.5, 0.6) is 11.5 Å². The minimum absolute atomic E-state index is 0.0131. The molecular formula is C28H32Cl2N6O3. The van der Waals surface area contributed by atoms with Crippen molar-refractivity contribution in [1.82, 2.24) is 20.2 Å². The lowest BCUT2D eigenvalue weighted by molar-refractivity contribution is -0.117. The van der Waals surface area contributed by atoms with Crippen LogP contribution in [0.15, 0.2) is 37.1 Å². The summed E-state index contributed by atoms with van der Waals surface area (Å²) in [7, 11) is 5.11. The number of fused-ring (bicyclic) bond motifs is 1. The van der Waals surface area contributed by atoms with Crippen molar-refractivity contribution in [3.8, 4) is 22.8 Å². The van der Waals surface area contributed by atoms with Crippen LogP contribution < -0.4 is 25.4 Å². The molecule has 39 heavy (non-hydrogen) atoms. The first kappa shape index (κ1) is 27.3. The molecule has 0 radical (unpaired) electrons. The number of carbonyl (C=O) groups excluding carboxylic acids is 1. The zero-order valence-electron chi connectivity index (χ0n) is 22.2. The van der Waals surface area contributed by atoms with Crippen LogP contribution in [0.4, 0.5) is 11.6 Å². The number of likely N-dealkylation sites (tertiary alicyclic amines) is 1. The Morgan fingerprint density at radius 3 is 2.46 bits per heavy atom. The van der Waals surface area contributed by atoms with Gasteiger partial charge in [-0.3, -0.25) is 4.79 Å². The first-order chi connectivity index (χ1) is 18.8. The maximum Gasteiger partial charge on any atom is 0.243 e. The number of halogens is 2. The van der Waals surface area contributed by atoms with Gasteiger partial charge in [-0.1, -0.05) is 29.8 Å². The Labute approximate surface area is 237 Å². The fourth-order valence-electron chi connectivity index (χ4n) is 4.89. The monoisotopic (exact) mass is 570 g/mol. The number of ether oxygens (including phenoxy) is 2. The van der Waals surface area contributed by atoms with E-state index >= 15 is 0 Å². The highest BCUT2D eigenvalue weighted by Crippen LogP contribution is 2.46. The predicted octanol–water partition coefficient (Wildman–Crippen LogP) is 4.84. The largest absolute Gasteiger partial charge is 0.495 e. The van der Waals surface area contributed by atoms with Gasteiger partial charge < -0.3 is 30.3 Å². The maximum absolute atomic E-state index is 12.0. The van der Waals surface area contributed by atoms with E-state index in [1.165, 1.54) is 18.9 Å². The highest BCUT2D eigenvalue weighted by Gasteiger charge is 2.32. The summed E-state index contributed by atoms with van der Waals surface area (Å²) in [6.45, 7) is 5.88. The second-order valence-corrected chi connectivity index (χ2v) is 10.8. The molecule has 2 aromatic heterocycles. The molecule has 9 nitrogen and oxygen atoms in total. The third kappa shape index (κ3) is 5.85. The molecule has 1 amide bonds.